The SMILES string of the molecule is Cc1nc(C(NC(=O)c2sc(-c3ccc(F)cc3)nc2C)c2ccccc2)n[nH]1. The van der Waals surface area contributed by atoms with Crippen LogP contribution in [0.2, 0.25) is 0 Å². The number of benzene rings is 2. The lowest BCUT2D eigenvalue weighted by atomic mass is 10.1. The number of nitrogens with one attached hydrogen (secondary N) is 2. The van der Waals surface area contributed by atoms with E-state index in [1.165, 1.54) is 23.5 Å². The zero-order chi connectivity index (χ0) is 20.4. The first-order chi connectivity index (χ1) is 14.0. The second-order valence-corrected chi connectivity index (χ2v) is 7.54. The summed E-state index contributed by atoms with van der Waals surface area (Å²) in [5.74, 6) is 0.586. The molecule has 0 spiro atoms. The van der Waals surface area contributed by atoms with Gasteiger partial charge < -0.3 is 5.32 Å². The van der Waals surface area contributed by atoms with Crippen molar-refractivity contribution >= 4 is 17.2 Å². The van der Waals surface area contributed by atoms with Crippen molar-refractivity contribution in [2.45, 2.75) is 19.9 Å². The number of nitrogens with zero attached hydrogens (tertiary/aromatic N) is 3. The average molecular weight is 407 g/mol. The van der Waals surface area contributed by atoms with Crippen LogP contribution in [-0.4, -0.2) is 26.1 Å². The summed E-state index contributed by atoms with van der Waals surface area (Å²) in [6.45, 7) is 3.59. The van der Waals surface area contributed by atoms with Gasteiger partial charge in [0, 0.05) is 5.56 Å². The molecule has 1 unspecified atom stereocenters. The predicted molar refractivity (Wildman–Crippen MR) is 109 cm³/mol. The van der Waals surface area contributed by atoms with E-state index in [1.807, 2.05) is 37.3 Å². The third-order valence-corrected chi connectivity index (χ3v) is 5.58. The molecule has 0 radical (unpaired) electrons. The average Bonchev–Trinajstić information content (AvgIpc) is 3.33. The highest BCUT2D eigenvalue weighted by molar-refractivity contribution is 7.17. The van der Waals surface area contributed by atoms with E-state index in [9.17, 15) is 9.18 Å². The molecule has 1 atom stereocenters. The van der Waals surface area contributed by atoms with Crippen LogP contribution >= 0.6 is 11.3 Å². The van der Waals surface area contributed by atoms with Crippen LogP contribution in [0.5, 0.6) is 0 Å². The van der Waals surface area contributed by atoms with Gasteiger partial charge in [-0.15, -0.1) is 11.3 Å². The molecule has 0 aliphatic heterocycles. The summed E-state index contributed by atoms with van der Waals surface area (Å²) in [6.07, 6.45) is 0. The lowest BCUT2D eigenvalue weighted by molar-refractivity contribution is 0.0945. The Hall–Kier alpha value is -3.39. The molecule has 29 heavy (non-hydrogen) atoms. The van der Waals surface area contributed by atoms with Crippen LogP contribution in [0.1, 0.15) is 38.6 Å². The number of aromatic amines is 1. The van der Waals surface area contributed by atoms with Crippen LogP contribution in [0.25, 0.3) is 10.6 Å². The maximum atomic E-state index is 13.2. The molecule has 4 aromatic rings. The highest BCUT2D eigenvalue weighted by Gasteiger charge is 2.24. The number of halogens is 1. The monoisotopic (exact) mass is 407 g/mol. The summed E-state index contributed by atoms with van der Waals surface area (Å²) in [6, 6.07) is 15.1. The van der Waals surface area contributed by atoms with Crippen LogP contribution in [0.4, 0.5) is 4.39 Å². The highest BCUT2D eigenvalue weighted by Crippen LogP contribution is 2.29. The van der Waals surface area contributed by atoms with Crippen molar-refractivity contribution in [1.29, 1.82) is 0 Å². The van der Waals surface area contributed by atoms with Crippen LogP contribution < -0.4 is 5.32 Å². The Morgan fingerprint density at radius 2 is 1.79 bits per heavy atom. The van der Waals surface area contributed by atoms with Gasteiger partial charge in [-0.3, -0.25) is 9.89 Å². The number of aryl methyl sites for hydroxylation is 2. The lowest BCUT2D eigenvalue weighted by Gasteiger charge is -2.16. The van der Waals surface area contributed by atoms with Gasteiger partial charge in [-0.2, -0.15) is 5.10 Å². The van der Waals surface area contributed by atoms with Crippen molar-refractivity contribution in [3.05, 3.63) is 88.2 Å². The van der Waals surface area contributed by atoms with E-state index in [4.69, 9.17) is 0 Å². The number of carbonyl (C=O) groups excluding carboxylic acids is 1. The van der Waals surface area contributed by atoms with Gasteiger partial charge in [0.15, 0.2) is 5.82 Å². The molecule has 0 aliphatic rings. The first-order valence-electron chi connectivity index (χ1n) is 8.99. The van der Waals surface area contributed by atoms with E-state index in [0.717, 1.165) is 11.1 Å². The second-order valence-electron chi connectivity index (χ2n) is 6.54. The van der Waals surface area contributed by atoms with E-state index in [0.29, 0.717) is 27.2 Å². The normalized spacial score (nSPS) is 12.0. The number of carbonyl (C=O) groups is 1. The Labute approximate surface area is 170 Å². The first-order valence-corrected chi connectivity index (χ1v) is 9.81. The molecule has 6 nitrogen and oxygen atoms in total. The smallest absolute Gasteiger partial charge is 0.264 e. The lowest BCUT2D eigenvalue weighted by Crippen LogP contribution is -2.30. The maximum absolute atomic E-state index is 13.2. The molecular formula is C21H18FN5OS. The van der Waals surface area contributed by atoms with Gasteiger partial charge in [-0.05, 0) is 43.7 Å². The quantitative estimate of drug-likeness (QED) is 0.519. The van der Waals surface area contributed by atoms with Crippen LogP contribution in [-0.2, 0) is 0 Å². The molecule has 4 rings (SSSR count). The molecule has 0 saturated carbocycles. The van der Waals surface area contributed by atoms with E-state index in [1.54, 1.807) is 19.1 Å². The Morgan fingerprint density at radius 3 is 2.45 bits per heavy atom. The molecule has 2 heterocycles. The molecule has 2 aromatic carbocycles. The Bertz CT molecular complexity index is 1140. The van der Waals surface area contributed by atoms with Crippen molar-refractivity contribution in [2.75, 3.05) is 0 Å². The van der Waals surface area contributed by atoms with Gasteiger partial charge in [0.05, 0.1) is 5.69 Å². The van der Waals surface area contributed by atoms with Crippen molar-refractivity contribution in [3.8, 4) is 10.6 Å². The molecule has 0 saturated heterocycles. The third kappa shape index (κ3) is 4.07. The topological polar surface area (TPSA) is 83.6 Å². The predicted octanol–water partition coefficient (Wildman–Crippen LogP) is 4.20. The van der Waals surface area contributed by atoms with Gasteiger partial charge in [0.25, 0.3) is 5.91 Å². The summed E-state index contributed by atoms with van der Waals surface area (Å²) in [5.41, 5.74) is 2.26. The summed E-state index contributed by atoms with van der Waals surface area (Å²) in [7, 11) is 0. The highest BCUT2D eigenvalue weighted by atomic mass is 32.1. The van der Waals surface area contributed by atoms with Gasteiger partial charge in [-0.1, -0.05) is 30.3 Å². The fourth-order valence-corrected chi connectivity index (χ4v) is 3.93. The standard InChI is InChI=1S/C21H18FN5OS/c1-12-18(29-21(23-12)15-8-10-16(22)11-9-15)20(28)25-17(14-6-4-3-5-7-14)19-24-13(2)26-27-19/h3-11,17H,1-2H3,(H,25,28)(H,24,26,27). The minimum absolute atomic E-state index is 0.260. The summed E-state index contributed by atoms with van der Waals surface area (Å²) in [4.78, 5) is 22.4. The number of thiazole rings is 1. The van der Waals surface area contributed by atoms with E-state index < -0.39 is 6.04 Å². The summed E-state index contributed by atoms with van der Waals surface area (Å²) < 4.78 is 13.2. The number of hydrogen-bond acceptors (Lipinski definition) is 5. The number of rotatable bonds is 5. The minimum Gasteiger partial charge on any atom is -0.337 e. The van der Waals surface area contributed by atoms with Gasteiger partial charge in [-0.25, -0.2) is 14.4 Å². The number of amides is 1. The van der Waals surface area contributed by atoms with E-state index in [-0.39, 0.29) is 11.7 Å². The minimum atomic E-state index is -0.496. The molecule has 1 amide bonds. The fraction of sp³-hybridized carbons (Fsp3) is 0.143. The third-order valence-electron chi connectivity index (χ3n) is 4.38. The van der Waals surface area contributed by atoms with Crippen LogP contribution in [0.15, 0.2) is 54.6 Å². The van der Waals surface area contributed by atoms with Crippen molar-refractivity contribution in [1.82, 2.24) is 25.5 Å². The first kappa shape index (κ1) is 18.9. The van der Waals surface area contributed by atoms with Gasteiger partial charge in [0.2, 0.25) is 0 Å². The van der Waals surface area contributed by atoms with Crippen LogP contribution in [0, 0.1) is 19.7 Å². The summed E-state index contributed by atoms with van der Waals surface area (Å²) >= 11 is 1.27. The number of hydrogen-bond donors (Lipinski definition) is 2. The van der Waals surface area contributed by atoms with Crippen LogP contribution in [0.3, 0.4) is 0 Å². The van der Waals surface area contributed by atoms with E-state index in [2.05, 4.69) is 25.5 Å². The number of H-pyrrole nitrogens is 1. The molecule has 2 N–H and O–H groups in total. The van der Waals surface area contributed by atoms with Gasteiger partial charge in [0.1, 0.15) is 27.6 Å². The molecule has 0 fully saturated rings. The Balaban J connectivity index is 1.64. The number of aromatic nitrogens is 4. The molecule has 2 aromatic heterocycles. The Morgan fingerprint density at radius 1 is 1.07 bits per heavy atom. The van der Waals surface area contributed by atoms with E-state index >= 15 is 0 Å². The second kappa shape index (κ2) is 7.92. The fourth-order valence-electron chi connectivity index (χ4n) is 2.95. The molecular weight excluding hydrogens is 389 g/mol. The largest absolute Gasteiger partial charge is 0.337 e. The van der Waals surface area contributed by atoms with Crippen molar-refractivity contribution in [3.63, 3.8) is 0 Å². The Kier molecular flexibility index (Phi) is 5.18. The van der Waals surface area contributed by atoms with Crippen molar-refractivity contribution < 1.29 is 9.18 Å². The van der Waals surface area contributed by atoms with Gasteiger partial charge >= 0.3 is 0 Å². The van der Waals surface area contributed by atoms with Crippen molar-refractivity contribution in [2.24, 2.45) is 0 Å². The molecule has 0 bridgehead atoms. The molecule has 0 aliphatic carbocycles. The molecule has 8 heteroatoms. The summed E-state index contributed by atoms with van der Waals surface area (Å²) in [5, 5.41) is 10.7. The maximum Gasteiger partial charge on any atom is 0.264 e. The molecule has 146 valence electrons. The zero-order valence-corrected chi connectivity index (χ0v) is 16.6. The zero-order valence-electron chi connectivity index (χ0n) is 15.8.